The highest BCUT2D eigenvalue weighted by molar-refractivity contribution is 5.79. The molecule has 0 radical (unpaired) electrons. The van der Waals surface area contributed by atoms with Crippen molar-refractivity contribution in [2.45, 2.75) is 19.4 Å². The average Bonchev–Trinajstić information content (AvgIpc) is 3.01. The van der Waals surface area contributed by atoms with Crippen LogP contribution in [0.3, 0.4) is 0 Å². The topological polar surface area (TPSA) is 71.7 Å². The minimum Gasteiger partial charge on any atom is -0.494 e. The van der Waals surface area contributed by atoms with E-state index in [1.807, 2.05) is 7.05 Å². The molecule has 8 heteroatoms. The van der Waals surface area contributed by atoms with Crippen LogP contribution in [-0.4, -0.2) is 59.6 Å². The number of likely N-dealkylation sites (N-methyl/N-ethyl adjacent to an activating group) is 1. The lowest BCUT2D eigenvalue weighted by molar-refractivity contribution is -0.133. The van der Waals surface area contributed by atoms with Crippen LogP contribution in [0.5, 0.6) is 5.75 Å². The molecule has 1 amide bonds. The van der Waals surface area contributed by atoms with Gasteiger partial charge in [-0.2, -0.15) is 4.98 Å². The summed E-state index contributed by atoms with van der Waals surface area (Å²) in [7, 11) is 3.37. The van der Waals surface area contributed by atoms with Crippen LogP contribution in [0.1, 0.15) is 23.3 Å². The van der Waals surface area contributed by atoms with Crippen molar-refractivity contribution in [1.82, 2.24) is 19.9 Å². The van der Waals surface area contributed by atoms with Gasteiger partial charge in [0.25, 0.3) is 0 Å². The van der Waals surface area contributed by atoms with Crippen molar-refractivity contribution >= 4 is 5.91 Å². The molecule has 0 N–H and O–H groups in total. The lowest BCUT2D eigenvalue weighted by Gasteiger charge is -2.37. The normalized spacial score (nSPS) is 18.4. The number of piperazine rings is 1. The minimum absolute atomic E-state index is 0.0566. The Balaban J connectivity index is 1.68. The van der Waals surface area contributed by atoms with E-state index in [0.717, 1.165) is 0 Å². The summed E-state index contributed by atoms with van der Waals surface area (Å²) in [4.78, 5) is 20.7. The number of halogens is 1. The van der Waals surface area contributed by atoms with E-state index in [9.17, 15) is 9.18 Å². The van der Waals surface area contributed by atoms with Crippen molar-refractivity contribution in [3.63, 3.8) is 0 Å². The summed E-state index contributed by atoms with van der Waals surface area (Å²) in [6.45, 7) is 3.54. The molecule has 0 unspecified atom stereocenters. The molecule has 1 aromatic heterocycles. The fraction of sp³-hybridized carbons (Fsp3) is 0.471. The fourth-order valence-electron chi connectivity index (χ4n) is 2.92. The Bertz CT molecular complexity index is 764. The van der Waals surface area contributed by atoms with Gasteiger partial charge in [-0.05, 0) is 31.7 Å². The third-order valence-electron chi connectivity index (χ3n) is 4.40. The molecule has 0 saturated carbocycles. The van der Waals surface area contributed by atoms with Gasteiger partial charge in [-0.3, -0.25) is 9.69 Å². The van der Waals surface area contributed by atoms with Crippen LogP contribution in [0, 0.1) is 12.7 Å². The summed E-state index contributed by atoms with van der Waals surface area (Å²) >= 11 is 0. The number of rotatable bonds is 4. The molecular weight excluding hydrogens is 327 g/mol. The van der Waals surface area contributed by atoms with Crippen LogP contribution in [0.25, 0.3) is 0 Å². The molecule has 0 bridgehead atoms. The van der Waals surface area contributed by atoms with Gasteiger partial charge in [0, 0.05) is 19.6 Å². The number of nitrogens with zero attached hydrogens (tertiary/aromatic N) is 4. The second-order valence-corrected chi connectivity index (χ2v) is 6.16. The number of aryl methyl sites for hydroxylation is 1. The number of hydrogen-bond donors (Lipinski definition) is 0. The Morgan fingerprint density at radius 1 is 1.44 bits per heavy atom. The summed E-state index contributed by atoms with van der Waals surface area (Å²) in [5, 5.41) is 3.82. The Kier molecular flexibility index (Phi) is 4.98. The number of benzene rings is 1. The van der Waals surface area contributed by atoms with Crippen molar-refractivity contribution in [3.05, 3.63) is 41.3 Å². The summed E-state index contributed by atoms with van der Waals surface area (Å²) in [5.41, 5.74) is 0.618. The largest absolute Gasteiger partial charge is 0.494 e. The molecule has 3 rings (SSSR count). The zero-order chi connectivity index (χ0) is 18.0. The number of hydrogen-bond acceptors (Lipinski definition) is 6. The minimum atomic E-state index is -0.467. The molecule has 1 aliphatic rings. The average molecular weight is 348 g/mol. The van der Waals surface area contributed by atoms with Gasteiger partial charge in [-0.1, -0.05) is 11.2 Å². The van der Waals surface area contributed by atoms with Crippen LogP contribution < -0.4 is 4.74 Å². The van der Waals surface area contributed by atoms with Gasteiger partial charge in [0.2, 0.25) is 11.8 Å². The molecule has 25 heavy (non-hydrogen) atoms. The van der Waals surface area contributed by atoms with E-state index in [0.29, 0.717) is 36.9 Å². The third kappa shape index (κ3) is 3.79. The highest BCUT2D eigenvalue weighted by Gasteiger charge is 2.32. The quantitative estimate of drug-likeness (QED) is 0.835. The summed E-state index contributed by atoms with van der Waals surface area (Å²) in [6.07, 6.45) is 0.139. The molecule has 1 aromatic carbocycles. The van der Waals surface area contributed by atoms with Crippen LogP contribution in [0.15, 0.2) is 22.7 Å². The van der Waals surface area contributed by atoms with Crippen molar-refractivity contribution in [3.8, 4) is 5.75 Å². The van der Waals surface area contributed by atoms with Crippen molar-refractivity contribution < 1.29 is 18.4 Å². The van der Waals surface area contributed by atoms with E-state index in [2.05, 4.69) is 15.0 Å². The summed E-state index contributed by atoms with van der Waals surface area (Å²) in [5.74, 6) is 0.723. The predicted octanol–water partition coefficient (Wildman–Crippen LogP) is 1.58. The van der Waals surface area contributed by atoms with E-state index >= 15 is 0 Å². The number of methoxy groups -OCH3 is 1. The highest BCUT2D eigenvalue weighted by atomic mass is 19.1. The van der Waals surface area contributed by atoms with Gasteiger partial charge in [0.15, 0.2) is 17.4 Å². The zero-order valence-electron chi connectivity index (χ0n) is 14.5. The monoisotopic (exact) mass is 348 g/mol. The van der Waals surface area contributed by atoms with Crippen LogP contribution in [-0.2, 0) is 11.2 Å². The molecule has 134 valence electrons. The molecule has 7 nitrogen and oxygen atoms in total. The predicted molar refractivity (Wildman–Crippen MR) is 87.6 cm³/mol. The molecule has 0 aliphatic carbocycles. The van der Waals surface area contributed by atoms with Gasteiger partial charge in [-0.15, -0.1) is 0 Å². The molecule has 1 atom stereocenters. The van der Waals surface area contributed by atoms with Crippen LogP contribution in [0.2, 0.25) is 0 Å². The fourth-order valence-corrected chi connectivity index (χ4v) is 2.92. The van der Waals surface area contributed by atoms with Gasteiger partial charge in [-0.25, -0.2) is 4.39 Å². The summed E-state index contributed by atoms with van der Waals surface area (Å²) < 4.78 is 24.0. The van der Waals surface area contributed by atoms with Gasteiger partial charge in [0.05, 0.1) is 13.5 Å². The number of ether oxygens (including phenoxy) is 1. The third-order valence-corrected chi connectivity index (χ3v) is 4.40. The van der Waals surface area contributed by atoms with Gasteiger partial charge < -0.3 is 14.2 Å². The first-order valence-electron chi connectivity index (χ1n) is 8.08. The summed E-state index contributed by atoms with van der Waals surface area (Å²) in [6, 6.07) is 4.44. The van der Waals surface area contributed by atoms with E-state index in [1.54, 1.807) is 17.9 Å². The highest BCUT2D eigenvalue weighted by Crippen LogP contribution is 2.24. The smallest absolute Gasteiger partial charge is 0.245 e. The first-order valence-corrected chi connectivity index (χ1v) is 8.08. The molecule has 1 aliphatic heterocycles. The van der Waals surface area contributed by atoms with Gasteiger partial charge >= 0.3 is 0 Å². The second-order valence-electron chi connectivity index (χ2n) is 6.16. The first-order chi connectivity index (χ1) is 12.0. The maximum atomic E-state index is 13.8. The van der Waals surface area contributed by atoms with Crippen molar-refractivity contribution in [2.24, 2.45) is 0 Å². The lowest BCUT2D eigenvalue weighted by atomic mass is 10.1. The van der Waals surface area contributed by atoms with Crippen LogP contribution in [0.4, 0.5) is 4.39 Å². The van der Waals surface area contributed by atoms with Gasteiger partial charge in [0.1, 0.15) is 6.04 Å². The van der Waals surface area contributed by atoms with Crippen molar-refractivity contribution in [1.29, 1.82) is 0 Å². The maximum absolute atomic E-state index is 13.8. The molecular formula is C17H21FN4O3. The van der Waals surface area contributed by atoms with Crippen molar-refractivity contribution in [2.75, 3.05) is 33.8 Å². The molecule has 2 heterocycles. The first kappa shape index (κ1) is 17.3. The van der Waals surface area contributed by atoms with E-state index in [-0.39, 0.29) is 24.1 Å². The molecule has 1 fully saturated rings. The maximum Gasteiger partial charge on any atom is 0.245 e. The Hall–Kier alpha value is -2.48. The standard InChI is InChI=1S/C17H21FN4O3/c1-11-19-17(25-20-11)14-10-22(7-6-21(14)2)16(23)9-12-4-5-15(24-3)13(18)8-12/h4-5,8,14H,6-7,9-10H2,1-3H3/t14-/m1/s1. The lowest BCUT2D eigenvalue weighted by Crippen LogP contribution is -2.49. The molecule has 1 saturated heterocycles. The number of amides is 1. The molecule has 2 aromatic rings. The Labute approximate surface area is 145 Å². The van der Waals surface area contributed by atoms with E-state index in [4.69, 9.17) is 9.26 Å². The SMILES string of the molecule is COc1ccc(CC(=O)N2CCN(C)[C@@H](c3nc(C)no3)C2)cc1F. The second kappa shape index (κ2) is 7.18. The Morgan fingerprint density at radius 2 is 2.24 bits per heavy atom. The van der Waals surface area contributed by atoms with Crippen LogP contribution >= 0.6 is 0 Å². The van der Waals surface area contributed by atoms with E-state index in [1.165, 1.54) is 19.2 Å². The zero-order valence-corrected chi connectivity index (χ0v) is 14.5. The number of carbonyl (C=O) groups is 1. The Morgan fingerprint density at radius 3 is 2.88 bits per heavy atom. The number of carbonyl (C=O) groups excluding carboxylic acids is 1. The van der Waals surface area contributed by atoms with E-state index < -0.39 is 5.82 Å². The number of aromatic nitrogens is 2. The molecule has 0 spiro atoms.